The van der Waals surface area contributed by atoms with Crippen LogP contribution in [0.5, 0.6) is 0 Å². The van der Waals surface area contributed by atoms with Crippen LogP contribution in [0.3, 0.4) is 0 Å². The van der Waals surface area contributed by atoms with Gasteiger partial charge in [-0.2, -0.15) is 0 Å². The number of rotatable bonds is 1. The predicted molar refractivity (Wildman–Crippen MR) is 77.9 cm³/mol. The van der Waals surface area contributed by atoms with Crippen molar-refractivity contribution in [3.8, 4) is 5.69 Å². The fourth-order valence-corrected chi connectivity index (χ4v) is 2.60. The summed E-state index contributed by atoms with van der Waals surface area (Å²) in [6, 6.07) is 11.1. The van der Waals surface area contributed by atoms with Crippen molar-refractivity contribution in [1.29, 1.82) is 0 Å². The van der Waals surface area contributed by atoms with Gasteiger partial charge < -0.3 is 4.98 Å². The number of benzene rings is 2. The van der Waals surface area contributed by atoms with Crippen LogP contribution in [0.4, 0.5) is 4.39 Å². The number of aryl methyl sites for hydroxylation is 2. The van der Waals surface area contributed by atoms with Gasteiger partial charge >= 0.3 is 0 Å². The van der Waals surface area contributed by atoms with Crippen LogP contribution in [0.15, 0.2) is 36.4 Å². The van der Waals surface area contributed by atoms with E-state index in [1.807, 2.05) is 38.1 Å². The second-order valence-electron chi connectivity index (χ2n) is 4.69. The summed E-state index contributed by atoms with van der Waals surface area (Å²) < 4.78 is 16.4. The molecule has 0 aliphatic rings. The van der Waals surface area contributed by atoms with Crippen LogP contribution in [0.25, 0.3) is 16.7 Å². The van der Waals surface area contributed by atoms with Crippen LogP contribution in [0, 0.1) is 24.4 Å². The number of H-pyrrole nitrogens is 1. The van der Waals surface area contributed by atoms with E-state index in [2.05, 4.69) is 4.98 Å². The maximum Gasteiger partial charge on any atom is 0.182 e. The van der Waals surface area contributed by atoms with Crippen molar-refractivity contribution in [3.63, 3.8) is 0 Å². The Morgan fingerprint density at radius 2 is 1.95 bits per heavy atom. The predicted octanol–water partition coefficient (Wildman–Crippen LogP) is 4.44. The van der Waals surface area contributed by atoms with Crippen molar-refractivity contribution in [3.05, 3.63) is 58.1 Å². The Kier molecular flexibility index (Phi) is 2.75. The molecule has 19 heavy (non-hydrogen) atoms. The molecule has 96 valence electrons. The first-order valence-corrected chi connectivity index (χ1v) is 6.45. The lowest BCUT2D eigenvalue weighted by Gasteiger charge is -2.07. The van der Waals surface area contributed by atoms with Gasteiger partial charge in [0.2, 0.25) is 0 Å². The summed E-state index contributed by atoms with van der Waals surface area (Å²) in [7, 11) is 0. The van der Waals surface area contributed by atoms with Gasteiger partial charge in [-0.3, -0.25) is 4.57 Å². The minimum atomic E-state index is -0.265. The summed E-state index contributed by atoms with van der Waals surface area (Å²) in [4.78, 5) is 3.15. The fourth-order valence-electron chi connectivity index (χ4n) is 2.31. The number of halogens is 1. The number of hydrogen-bond donors (Lipinski definition) is 1. The number of hydrogen-bond acceptors (Lipinski definition) is 1. The van der Waals surface area contributed by atoms with E-state index in [0.29, 0.717) is 10.5 Å². The lowest BCUT2D eigenvalue weighted by atomic mass is 10.2. The van der Waals surface area contributed by atoms with Gasteiger partial charge in [-0.1, -0.05) is 18.2 Å². The average molecular weight is 272 g/mol. The Morgan fingerprint density at radius 1 is 1.16 bits per heavy atom. The van der Waals surface area contributed by atoms with Crippen LogP contribution >= 0.6 is 12.2 Å². The van der Waals surface area contributed by atoms with E-state index >= 15 is 0 Å². The molecule has 3 aromatic rings. The van der Waals surface area contributed by atoms with Crippen LogP contribution in [-0.4, -0.2) is 9.55 Å². The number of aromatic amines is 1. The monoisotopic (exact) mass is 272 g/mol. The molecule has 0 saturated heterocycles. The molecule has 0 spiro atoms. The molecule has 0 amide bonds. The highest BCUT2D eigenvalue weighted by molar-refractivity contribution is 7.71. The van der Waals surface area contributed by atoms with E-state index in [-0.39, 0.29) is 5.82 Å². The molecule has 0 bridgehead atoms. The summed E-state index contributed by atoms with van der Waals surface area (Å²) in [5.41, 5.74) is 4.31. The Hall–Kier alpha value is -1.94. The maximum absolute atomic E-state index is 14.1. The van der Waals surface area contributed by atoms with E-state index in [0.717, 1.165) is 22.2 Å². The molecule has 4 heteroatoms. The number of aromatic nitrogens is 2. The molecule has 0 atom stereocenters. The first-order chi connectivity index (χ1) is 9.08. The SMILES string of the molecule is Cc1ccc(-n2c(=S)[nH]c3c(C)cccc32)c(F)c1. The number of nitrogens with zero attached hydrogens (tertiary/aromatic N) is 1. The van der Waals surface area contributed by atoms with E-state index in [1.54, 1.807) is 10.6 Å². The van der Waals surface area contributed by atoms with Crippen molar-refractivity contribution in [1.82, 2.24) is 9.55 Å². The number of fused-ring (bicyclic) bond motifs is 1. The van der Waals surface area contributed by atoms with Crippen molar-refractivity contribution >= 4 is 23.3 Å². The summed E-state index contributed by atoms with van der Waals surface area (Å²) in [6.45, 7) is 3.87. The van der Waals surface area contributed by atoms with Crippen LogP contribution in [-0.2, 0) is 0 Å². The molecule has 2 aromatic carbocycles. The minimum absolute atomic E-state index is 0.265. The normalized spacial score (nSPS) is 11.1. The minimum Gasteiger partial charge on any atom is -0.330 e. The van der Waals surface area contributed by atoms with Gasteiger partial charge in [-0.15, -0.1) is 0 Å². The van der Waals surface area contributed by atoms with Crippen LogP contribution in [0.2, 0.25) is 0 Å². The smallest absolute Gasteiger partial charge is 0.182 e. The molecule has 0 aliphatic carbocycles. The van der Waals surface area contributed by atoms with E-state index in [9.17, 15) is 4.39 Å². The van der Waals surface area contributed by atoms with Crippen molar-refractivity contribution in [2.75, 3.05) is 0 Å². The first-order valence-electron chi connectivity index (χ1n) is 6.05. The number of para-hydroxylation sites is 1. The van der Waals surface area contributed by atoms with E-state index in [1.165, 1.54) is 6.07 Å². The lowest BCUT2D eigenvalue weighted by Crippen LogP contribution is -1.98. The van der Waals surface area contributed by atoms with Gasteiger partial charge in [0.1, 0.15) is 5.82 Å². The Bertz CT molecular complexity index is 830. The van der Waals surface area contributed by atoms with E-state index < -0.39 is 0 Å². The highest BCUT2D eigenvalue weighted by Crippen LogP contribution is 2.24. The maximum atomic E-state index is 14.1. The second kappa shape index (κ2) is 4.31. The van der Waals surface area contributed by atoms with Gasteiger partial charge in [0.05, 0.1) is 16.7 Å². The molecule has 1 aromatic heterocycles. The molecule has 0 fully saturated rings. The third-order valence-corrected chi connectivity index (χ3v) is 3.56. The van der Waals surface area contributed by atoms with Gasteiger partial charge in [0.25, 0.3) is 0 Å². The average Bonchev–Trinajstić information content (AvgIpc) is 2.68. The largest absolute Gasteiger partial charge is 0.330 e. The molecule has 1 heterocycles. The Balaban J connectivity index is 2.40. The molecular weight excluding hydrogens is 259 g/mol. The highest BCUT2D eigenvalue weighted by Gasteiger charge is 2.11. The molecular formula is C15H13FN2S. The molecule has 1 N–H and O–H groups in total. The zero-order chi connectivity index (χ0) is 13.6. The van der Waals surface area contributed by atoms with Gasteiger partial charge in [0.15, 0.2) is 4.77 Å². The Morgan fingerprint density at radius 3 is 2.68 bits per heavy atom. The first kappa shape index (κ1) is 12.1. The zero-order valence-electron chi connectivity index (χ0n) is 10.7. The number of imidazole rings is 1. The molecule has 3 rings (SSSR count). The molecule has 0 saturated carbocycles. The molecule has 0 aliphatic heterocycles. The summed E-state index contributed by atoms with van der Waals surface area (Å²) >= 11 is 5.33. The highest BCUT2D eigenvalue weighted by atomic mass is 32.1. The molecule has 2 nitrogen and oxygen atoms in total. The standard InChI is InChI=1S/C15H13FN2S/c1-9-6-7-12(11(16)8-9)18-13-5-3-4-10(2)14(13)17-15(18)19/h3-8H,1-2H3,(H,17,19). The topological polar surface area (TPSA) is 20.7 Å². The fraction of sp³-hybridized carbons (Fsp3) is 0.133. The van der Waals surface area contributed by atoms with Gasteiger partial charge in [-0.05, 0) is 55.4 Å². The van der Waals surface area contributed by atoms with E-state index in [4.69, 9.17) is 12.2 Å². The zero-order valence-corrected chi connectivity index (χ0v) is 11.5. The number of nitrogens with one attached hydrogen (secondary N) is 1. The summed E-state index contributed by atoms with van der Waals surface area (Å²) in [5, 5.41) is 0. The summed E-state index contributed by atoms with van der Waals surface area (Å²) in [5.74, 6) is -0.265. The molecule has 0 unspecified atom stereocenters. The van der Waals surface area contributed by atoms with Crippen molar-refractivity contribution in [2.24, 2.45) is 0 Å². The van der Waals surface area contributed by atoms with Gasteiger partial charge in [0, 0.05) is 0 Å². The third kappa shape index (κ3) is 1.88. The second-order valence-corrected chi connectivity index (χ2v) is 5.08. The molecule has 0 radical (unpaired) electrons. The Labute approximate surface area is 115 Å². The quantitative estimate of drug-likeness (QED) is 0.649. The van der Waals surface area contributed by atoms with Crippen molar-refractivity contribution < 1.29 is 4.39 Å². The van der Waals surface area contributed by atoms with Gasteiger partial charge in [-0.25, -0.2) is 4.39 Å². The third-order valence-electron chi connectivity index (χ3n) is 3.27. The lowest BCUT2D eigenvalue weighted by molar-refractivity contribution is 0.617. The summed E-state index contributed by atoms with van der Waals surface area (Å²) in [6.07, 6.45) is 0. The van der Waals surface area contributed by atoms with Crippen LogP contribution < -0.4 is 0 Å². The van der Waals surface area contributed by atoms with Crippen LogP contribution in [0.1, 0.15) is 11.1 Å². The van der Waals surface area contributed by atoms with Crippen molar-refractivity contribution in [2.45, 2.75) is 13.8 Å².